The molecule has 32 heavy (non-hydrogen) atoms. The highest BCUT2D eigenvalue weighted by Gasteiger charge is 2.34. The van der Waals surface area contributed by atoms with E-state index in [1.807, 2.05) is 33.8 Å². The van der Waals surface area contributed by atoms with Crippen LogP contribution in [0.25, 0.3) is 0 Å². The van der Waals surface area contributed by atoms with Gasteiger partial charge in [-0.15, -0.1) is 0 Å². The first-order valence-corrected chi connectivity index (χ1v) is 11.9. The predicted octanol–water partition coefficient (Wildman–Crippen LogP) is 4.09. The molecule has 2 rings (SSSR count). The molecule has 0 radical (unpaired) electrons. The van der Waals surface area contributed by atoms with E-state index in [-0.39, 0.29) is 42.5 Å². The Balaban J connectivity index is 1.84. The zero-order valence-electron chi connectivity index (χ0n) is 20.8. The molecule has 0 bridgehead atoms. The first-order valence-electron chi connectivity index (χ1n) is 11.9. The number of carbonyl (C=O) groups is 1. The molecule has 0 saturated carbocycles. The topological polar surface area (TPSA) is 77.0 Å². The van der Waals surface area contributed by atoms with Gasteiger partial charge in [0.15, 0.2) is 0 Å². The molecule has 7 unspecified atom stereocenters. The molecule has 2 heterocycles. The Morgan fingerprint density at radius 2 is 1.97 bits per heavy atom. The summed E-state index contributed by atoms with van der Waals surface area (Å²) in [5.41, 5.74) is 0.484. The Morgan fingerprint density at radius 3 is 2.62 bits per heavy atom. The largest absolute Gasteiger partial charge is 0.390 e. The van der Waals surface area contributed by atoms with Crippen molar-refractivity contribution in [1.29, 1.82) is 0 Å². The van der Waals surface area contributed by atoms with Crippen molar-refractivity contribution < 1.29 is 24.1 Å². The predicted molar refractivity (Wildman–Crippen MR) is 127 cm³/mol. The van der Waals surface area contributed by atoms with Gasteiger partial charge in [0.2, 0.25) is 5.91 Å². The van der Waals surface area contributed by atoms with Gasteiger partial charge >= 0.3 is 0 Å². The highest BCUT2D eigenvalue weighted by atomic mass is 16.5. The van der Waals surface area contributed by atoms with Gasteiger partial charge in [0.25, 0.3) is 0 Å². The average molecular weight is 450 g/mol. The fourth-order valence-corrected chi connectivity index (χ4v) is 4.52. The number of amides is 1. The van der Waals surface area contributed by atoms with E-state index in [2.05, 4.69) is 31.3 Å². The molecule has 6 heteroatoms. The molecule has 2 saturated heterocycles. The van der Waals surface area contributed by atoms with Gasteiger partial charge in [-0.25, -0.2) is 0 Å². The number of ether oxygens (including phenoxy) is 3. The molecule has 6 nitrogen and oxygen atoms in total. The monoisotopic (exact) mass is 449 g/mol. The van der Waals surface area contributed by atoms with Crippen molar-refractivity contribution >= 4 is 5.91 Å². The summed E-state index contributed by atoms with van der Waals surface area (Å²) in [7, 11) is 1.62. The van der Waals surface area contributed by atoms with Crippen LogP contribution in [0.5, 0.6) is 0 Å². The van der Waals surface area contributed by atoms with Gasteiger partial charge in [0.1, 0.15) is 0 Å². The second-order valence-corrected chi connectivity index (χ2v) is 9.94. The van der Waals surface area contributed by atoms with Crippen LogP contribution < -0.4 is 5.32 Å². The Morgan fingerprint density at radius 1 is 1.25 bits per heavy atom. The lowest BCUT2D eigenvalue weighted by molar-refractivity contribution is -0.123. The normalized spacial score (nSPS) is 37.7. The first-order chi connectivity index (χ1) is 15.0. The summed E-state index contributed by atoms with van der Waals surface area (Å²) >= 11 is 0. The molecule has 2 fully saturated rings. The van der Waals surface area contributed by atoms with Crippen LogP contribution in [0.4, 0.5) is 0 Å². The molecule has 0 aliphatic carbocycles. The molecule has 0 aromatic carbocycles. The lowest BCUT2D eigenvalue weighted by atomic mass is 9.87. The van der Waals surface area contributed by atoms with Gasteiger partial charge in [0, 0.05) is 26.0 Å². The van der Waals surface area contributed by atoms with Crippen LogP contribution >= 0.6 is 0 Å². The summed E-state index contributed by atoms with van der Waals surface area (Å²) in [4.78, 5) is 12.2. The maximum absolute atomic E-state index is 12.2. The van der Waals surface area contributed by atoms with E-state index in [9.17, 15) is 9.90 Å². The van der Waals surface area contributed by atoms with Crippen LogP contribution in [0.15, 0.2) is 36.0 Å². The van der Waals surface area contributed by atoms with Gasteiger partial charge in [-0.05, 0) is 53.4 Å². The second-order valence-electron chi connectivity index (χ2n) is 9.94. The van der Waals surface area contributed by atoms with Gasteiger partial charge in [0.05, 0.1) is 42.2 Å². The van der Waals surface area contributed by atoms with E-state index in [0.717, 1.165) is 18.4 Å². The maximum Gasteiger partial charge on any atom is 0.244 e. The Kier molecular flexibility index (Phi) is 10.1. The smallest absolute Gasteiger partial charge is 0.244 e. The van der Waals surface area contributed by atoms with Crippen LogP contribution in [-0.4, -0.2) is 60.3 Å². The molecule has 182 valence electrons. The SMILES string of the molecule is COC(C)/C=C\C(=O)NC1CC(C)C(C/C=C(C)/C=C/C2CC(C)(O)C[C@@H](C)O2)OC1C. The summed E-state index contributed by atoms with van der Waals surface area (Å²) in [6.45, 7) is 12.1. The fourth-order valence-electron chi connectivity index (χ4n) is 4.52. The van der Waals surface area contributed by atoms with Gasteiger partial charge in [-0.2, -0.15) is 0 Å². The molecule has 1 amide bonds. The Hall–Kier alpha value is -1.47. The number of hydrogen-bond acceptors (Lipinski definition) is 5. The van der Waals surface area contributed by atoms with Crippen LogP contribution in [0.3, 0.4) is 0 Å². The Bertz CT molecular complexity index is 698. The highest BCUT2D eigenvalue weighted by Crippen LogP contribution is 2.30. The van der Waals surface area contributed by atoms with Crippen molar-refractivity contribution in [2.24, 2.45) is 5.92 Å². The second kappa shape index (κ2) is 12.1. The summed E-state index contributed by atoms with van der Waals surface area (Å²) < 4.78 is 17.3. The third-order valence-corrected chi connectivity index (χ3v) is 6.46. The van der Waals surface area contributed by atoms with E-state index in [0.29, 0.717) is 18.8 Å². The fraction of sp³-hybridized carbons (Fsp3) is 0.731. The van der Waals surface area contributed by atoms with Crippen molar-refractivity contribution in [3.63, 3.8) is 0 Å². The summed E-state index contributed by atoms with van der Waals surface area (Å²) in [5, 5.41) is 13.4. The minimum atomic E-state index is -0.671. The molecular weight excluding hydrogens is 406 g/mol. The third-order valence-electron chi connectivity index (χ3n) is 6.46. The molecule has 0 aromatic rings. The van der Waals surface area contributed by atoms with Crippen LogP contribution in [-0.2, 0) is 19.0 Å². The van der Waals surface area contributed by atoms with Crippen molar-refractivity contribution in [3.05, 3.63) is 36.0 Å². The minimum absolute atomic E-state index is 0.000504. The number of nitrogens with one attached hydrogen (secondary N) is 1. The lowest BCUT2D eigenvalue weighted by Gasteiger charge is -2.39. The van der Waals surface area contributed by atoms with E-state index >= 15 is 0 Å². The van der Waals surface area contributed by atoms with Crippen molar-refractivity contribution in [3.8, 4) is 0 Å². The standard InChI is InChI=1S/C26H43NO5/c1-17(8-11-22-16-26(6,29)15-20(4)31-22)9-12-24-18(2)14-23(21(5)32-24)27-25(28)13-10-19(3)30-7/h8-11,13,18-24,29H,12,14-16H2,1-7H3,(H,27,28)/b11-8+,13-10-,17-9+/t18?,19?,20-,21?,22?,23?,24?,26?/m1/s1. The van der Waals surface area contributed by atoms with Crippen LogP contribution in [0.2, 0.25) is 0 Å². The van der Waals surface area contributed by atoms with Gasteiger partial charge in [-0.3, -0.25) is 4.79 Å². The average Bonchev–Trinajstić information content (AvgIpc) is 2.70. The number of hydrogen-bond donors (Lipinski definition) is 2. The quantitative estimate of drug-likeness (QED) is 0.431. The maximum atomic E-state index is 12.2. The molecule has 2 N–H and O–H groups in total. The van der Waals surface area contributed by atoms with E-state index in [1.54, 1.807) is 13.2 Å². The Labute approximate surface area is 194 Å². The summed E-state index contributed by atoms with van der Waals surface area (Å²) in [5.74, 6) is 0.225. The van der Waals surface area contributed by atoms with Crippen molar-refractivity contribution in [2.75, 3.05) is 7.11 Å². The molecular formula is C26H43NO5. The minimum Gasteiger partial charge on any atom is -0.390 e. The van der Waals surface area contributed by atoms with E-state index in [4.69, 9.17) is 14.2 Å². The van der Waals surface area contributed by atoms with Gasteiger partial charge < -0.3 is 24.6 Å². The molecule has 2 aliphatic rings. The molecule has 2 aliphatic heterocycles. The lowest BCUT2D eigenvalue weighted by Crippen LogP contribution is -2.50. The summed E-state index contributed by atoms with van der Waals surface area (Å²) in [6, 6.07) is -0.000504. The zero-order chi connectivity index (χ0) is 23.9. The highest BCUT2D eigenvalue weighted by molar-refractivity contribution is 5.87. The van der Waals surface area contributed by atoms with E-state index < -0.39 is 5.60 Å². The zero-order valence-corrected chi connectivity index (χ0v) is 20.8. The van der Waals surface area contributed by atoms with Crippen molar-refractivity contribution in [2.45, 2.75) is 109 Å². The van der Waals surface area contributed by atoms with Gasteiger partial charge in [-0.1, -0.05) is 36.8 Å². The number of allylic oxidation sites excluding steroid dienone is 2. The van der Waals surface area contributed by atoms with Crippen LogP contribution in [0.1, 0.15) is 67.2 Å². The van der Waals surface area contributed by atoms with E-state index in [1.165, 1.54) is 6.08 Å². The number of rotatable bonds is 8. The third kappa shape index (κ3) is 8.81. The number of aliphatic hydroxyl groups is 1. The molecule has 0 aromatic heterocycles. The van der Waals surface area contributed by atoms with Crippen molar-refractivity contribution in [1.82, 2.24) is 5.32 Å². The summed E-state index contributed by atoms with van der Waals surface area (Å²) in [6.07, 6.45) is 12.6. The number of carbonyl (C=O) groups excluding carboxylic acids is 1. The van der Waals surface area contributed by atoms with Crippen LogP contribution in [0, 0.1) is 5.92 Å². The molecule has 0 spiro atoms. The molecule has 8 atom stereocenters. The first kappa shape index (κ1) is 26.8. The number of methoxy groups -OCH3 is 1.